The van der Waals surface area contributed by atoms with Crippen molar-refractivity contribution in [1.82, 2.24) is 19.5 Å². The minimum Gasteiger partial charge on any atom is -0.385 e. The molecule has 0 aliphatic carbocycles. The lowest BCUT2D eigenvalue weighted by molar-refractivity contribution is -0.122. The second kappa shape index (κ2) is 5.20. The second-order valence-corrected chi connectivity index (χ2v) is 6.62. The molecule has 3 rings (SSSR count). The van der Waals surface area contributed by atoms with Gasteiger partial charge in [-0.15, -0.1) is 0 Å². The van der Waals surface area contributed by atoms with Crippen LogP contribution in [0.3, 0.4) is 0 Å². The molecule has 4 atom stereocenters. The molecule has 4 unspecified atom stereocenters. The van der Waals surface area contributed by atoms with Gasteiger partial charge in [0.05, 0.1) is 12.4 Å². The zero-order valence-electron chi connectivity index (χ0n) is 12.3. The summed E-state index contributed by atoms with van der Waals surface area (Å²) in [4.78, 5) is 30.0. The van der Waals surface area contributed by atoms with Crippen molar-refractivity contribution in [3.63, 3.8) is 0 Å². The van der Waals surface area contributed by atoms with E-state index in [2.05, 4.69) is 19.5 Å². The third-order valence-electron chi connectivity index (χ3n) is 3.85. The fourth-order valence-corrected chi connectivity index (χ4v) is 3.36. The Morgan fingerprint density at radius 3 is 2.78 bits per heavy atom. The molecule has 0 aromatic carbocycles. The Hall–Kier alpha value is -1.62. The van der Waals surface area contributed by atoms with E-state index in [0.717, 1.165) is 0 Å². The van der Waals surface area contributed by atoms with Gasteiger partial charge in [0, 0.05) is 0 Å². The Balaban J connectivity index is 2.04. The number of aromatic nitrogens is 4. The average Bonchev–Trinajstić information content (AvgIpc) is 2.95. The van der Waals surface area contributed by atoms with Crippen molar-refractivity contribution in [2.45, 2.75) is 37.9 Å². The highest BCUT2D eigenvalue weighted by Gasteiger charge is 2.54. The van der Waals surface area contributed by atoms with Crippen molar-refractivity contribution >= 4 is 24.8 Å². The summed E-state index contributed by atoms with van der Waals surface area (Å²) in [6, 6.07) is 0. The maximum Gasteiger partial charge on any atom is 0.470 e. The first-order chi connectivity index (χ1) is 10.6. The van der Waals surface area contributed by atoms with Crippen molar-refractivity contribution in [3.8, 4) is 0 Å². The van der Waals surface area contributed by atoms with Crippen LogP contribution in [-0.4, -0.2) is 52.7 Å². The number of nitrogens with zero attached hydrogens (tertiary/aromatic N) is 4. The third-order valence-corrected chi connectivity index (χ3v) is 4.36. The molecule has 0 spiro atoms. The number of nitrogen functional groups attached to an aromatic ring is 1. The number of nitrogens with two attached hydrogens (primary N) is 1. The molecule has 2 aromatic heterocycles. The van der Waals surface area contributed by atoms with Gasteiger partial charge in [0.1, 0.15) is 24.1 Å². The minimum absolute atomic E-state index is 0.168. The van der Waals surface area contributed by atoms with Crippen LogP contribution in [0.1, 0.15) is 13.8 Å². The van der Waals surface area contributed by atoms with Gasteiger partial charge in [-0.1, -0.05) is 0 Å². The summed E-state index contributed by atoms with van der Waals surface area (Å²) < 4.78 is 22.9. The number of fused-ring (bicyclic) bond motifs is 1. The zero-order valence-corrected chi connectivity index (χ0v) is 13.2. The van der Waals surface area contributed by atoms with Gasteiger partial charge in [-0.05, 0) is 13.8 Å². The quantitative estimate of drug-likeness (QED) is 0.524. The van der Waals surface area contributed by atoms with E-state index in [1.54, 1.807) is 0 Å². The Labute approximate surface area is 130 Å². The van der Waals surface area contributed by atoms with E-state index in [-0.39, 0.29) is 5.82 Å². The van der Waals surface area contributed by atoms with E-state index in [0.29, 0.717) is 11.2 Å². The molecule has 12 heteroatoms. The van der Waals surface area contributed by atoms with Crippen LogP contribution in [-0.2, 0) is 19.6 Å². The van der Waals surface area contributed by atoms with Crippen molar-refractivity contribution in [3.05, 3.63) is 12.7 Å². The second-order valence-electron chi connectivity index (χ2n) is 5.43. The molecule has 23 heavy (non-hydrogen) atoms. The fraction of sp³-hybridized carbons (Fsp3) is 0.545. The number of hydrogen-bond donors (Lipinski definition) is 4. The molecule has 2 aromatic rings. The van der Waals surface area contributed by atoms with E-state index in [1.807, 2.05) is 0 Å². The molecule has 0 bridgehead atoms. The monoisotopic (exact) mass is 345 g/mol. The molecule has 126 valence electrons. The van der Waals surface area contributed by atoms with Crippen molar-refractivity contribution in [1.29, 1.82) is 0 Å². The normalized spacial score (nSPS) is 31.8. The highest BCUT2D eigenvalue weighted by molar-refractivity contribution is 7.46. The molecule has 11 nitrogen and oxygen atoms in total. The Morgan fingerprint density at radius 2 is 2.13 bits per heavy atom. The summed E-state index contributed by atoms with van der Waals surface area (Å²) in [5.41, 5.74) is 4.98. The first-order valence-corrected chi connectivity index (χ1v) is 8.20. The standard InChI is InChI=1S/C11H16N5O6P/c1-5-7(22-23(18,19)20)8(17)11(2,21-5)16-4-15-6-9(12)13-3-14-10(6)16/h3-5,7-8,17H,1-2H3,(H2,12,13,14)(H2,18,19,20). The van der Waals surface area contributed by atoms with Gasteiger partial charge in [-0.3, -0.25) is 9.09 Å². The van der Waals surface area contributed by atoms with Crippen LogP contribution in [0.5, 0.6) is 0 Å². The number of aliphatic hydroxyl groups is 1. The van der Waals surface area contributed by atoms with E-state index >= 15 is 0 Å². The van der Waals surface area contributed by atoms with Gasteiger partial charge in [-0.25, -0.2) is 19.5 Å². The van der Waals surface area contributed by atoms with Crippen LogP contribution in [0.15, 0.2) is 12.7 Å². The molecule has 0 saturated carbocycles. The Morgan fingerprint density at radius 1 is 1.43 bits per heavy atom. The lowest BCUT2D eigenvalue weighted by atomic mass is 10.0. The van der Waals surface area contributed by atoms with Crippen molar-refractivity contribution in [2.24, 2.45) is 0 Å². The van der Waals surface area contributed by atoms with Crippen LogP contribution >= 0.6 is 7.82 Å². The number of phosphoric acid groups is 1. The molecular formula is C11H16N5O6P. The Bertz CT molecular complexity index is 792. The number of anilines is 1. The van der Waals surface area contributed by atoms with Crippen LogP contribution in [0.25, 0.3) is 11.2 Å². The summed E-state index contributed by atoms with van der Waals surface area (Å²) in [6.07, 6.45) is -0.769. The van der Waals surface area contributed by atoms with E-state index in [9.17, 15) is 9.67 Å². The molecule has 0 amide bonds. The van der Waals surface area contributed by atoms with E-state index < -0.39 is 31.9 Å². The molecular weight excluding hydrogens is 329 g/mol. The lowest BCUT2D eigenvalue weighted by Crippen LogP contribution is -2.43. The van der Waals surface area contributed by atoms with Gasteiger partial charge >= 0.3 is 7.82 Å². The summed E-state index contributed by atoms with van der Waals surface area (Å²) in [5.74, 6) is 0.168. The number of phosphoric ester groups is 1. The fourth-order valence-electron chi connectivity index (χ4n) is 2.75. The van der Waals surface area contributed by atoms with Gasteiger partial charge in [0.2, 0.25) is 0 Å². The SMILES string of the molecule is CC1OC(C)(n2cnc3c(N)ncnc32)C(O)C1OP(=O)(O)O. The number of rotatable bonds is 3. The number of imidazole rings is 1. The maximum absolute atomic E-state index is 11.1. The van der Waals surface area contributed by atoms with Crippen molar-refractivity contribution in [2.75, 3.05) is 5.73 Å². The van der Waals surface area contributed by atoms with Crippen LogP contribution in [0, 0.1) is 0 Å². The molecule has 0 radical (unpaired) electrons. The number of aliphatic hydroxyl groups excluding tert-OH is 1. The average molecular weight is 345 g/mol. The third kappa shape index (κ3) is 2.61. The van der Waals surface area contributed by atoms with Gasteiger partial charge < -0.3 is 25.4 Å². The van der Waals surface area contributed by atoms with E-state index in [4.69, 9.17) is 20.3 Å². The Kier molecular flexibility index (Phi) is 3.67. The topological polar surface area (TPSA) is 166 Å². The van der Waals surface area contributed by atoms with Gasteiger partial charge in [-0.2, -0.15) is 0 Å². The molecule has 1 saturated heterocycles. The zero-order chi connectivity index (χ0) is 17.0. The van der Waals surface area contributed by atoms with Crippen LogP contribution in [0.2, 0.25) is 0 Å². The highest BCUT2D eigenvalue weighted by Crippen LogP contribution is 2.46. The largest absolute Gasteiger partial charge is 0.470 e. The van der Waals surface area contributed by atoms with Crippen molar-refractivity contribution < 1.29 is 28.7 Å². The van der Waals surface area contributed by atoms with E-state index in [1.165, 1.54) is 31.1 Å². The highest BCUT2D eigenvalue weighted by atomic mass is 31.2. The first kappa shape index (κ1) is 16.2. The predicted molar refractivity (Wildman–Crippen MR) is 76.9 cm³/mol. The number of hydrogen-bond acceptors (Lipinski definition) is 8. The maximum atomic E-state index is 11.1. The molecule has 1 aliphatic rings. The van der Waals surface area contributed by atoms with Gasteiger partial charge in [0.15, 0.2) is 17.2 Å². The summed E-state index contributed by atoms with van der Waals surface area (Å²) >= 11 is 0. The summed E-state index contributed by atoms with van der Waals surface area (Å²) in [7, 11) is -4.79. The molecule has 5 N–H and O–H groups in total. The molecule has 1 aliphatic heterocycles. The minimum atomic E-state index is -4.79. The van der Waals surface area contributed by atoms with Gasteiger partial charge in [0.25, 0.3) is 0 Å². The smallest absolute Gasteiger partial charge is 0.385 e. The molecule has 1 fully saturated rings. The lowest BCUT2D eigenvalue weighted by Gasteiger charge is -2.29. The predicted octanol–water partition coefficient (Wildman–Crippen LogP) is -0.661. The van der Waals surface area contributed by atoms with Crippen LogP contribution < -0.4 is 5.73 Å². The summed E-state index contributed by atoms with van der Waals surface area (Å²) in [5, 5.41) is 10.5. The molecule has 3 heterocycles. The first-order valence-electron chi connectivity index (χ1n) is 6.67. The van der Waals surface area contributed by atoms with Crippen LogP contribution in [0.4, 0.5) is 5.82 Å². The summed E-state index contributed by atoms with van der Waals surface area (Å²) in [6.45, 7) is 3.08. The number of ether oxygens (including phenoxy) is 1.